The fourth-order valence-electron chi connectivity index (χ4n) is 4.03. The highest BCUT2D eigenvalue weighted by Crippen LogP contribution is 2.34. The van der Waals surface area contributed by atoms with Crippen LogP contribution >= 0.6 is 11.8 Å². The van der Waals surface area contributed by atoms with E-state index in [2.05, 4.69) is 53.5 Å². The van der Waals surface area contributed by atoms with Gasteiger partial charge in [-0.3, -0.25) is 0 Å². The summed E-state index contributed by atoms with van der Waals surface area (Å²) in [6.45, 7) is 6.43. The lowest BCUT2D eigenvalue weighted by Gasteiger charge is -2.16. The van der Waals surface area contributed by atoms with Crippen LogP contribution in [0.3, 0.4) is 0 Å². The Balaban J connectivity index is 1.64. The van der Waals surface area contributed by atoms with Crippen molar-refractivity contribution in [1.29, 1.82) is 0 Å². The van der Waals surface area contributed by atoms with Crippen molar-refractivity contribution in [3.05, 3.63) is 54.6 Å². The van der Waals surface area contributed by atoms with Crippen LogP contribution in [0, 0.1) is 0 Å². The Morgan fingerprint density at radius 1 is 1.00 bits per heavy atom. The van der Waals surface area contributed by atoms with Gasteiger partial charge in [0.25, 0.3) is 0 Å². The third kappa shape index (κ3) is 5.56. The molecule has 0 spiro atoms. The van der Waals surface area contributed by atoms with E-state index in [0.29, 0.717) is 5.75 Å². The quantitative estimate of drug-likeness (QED) is 0.406. The zero-order valence-corrected chi connectivity index (χ0v) is 19.6. The molecule has 1 aliphatic heterocycles. The fourth-order valence-corrected chi connectivity index (χ4v) is 4.69. The molecule has 1 aliphatic rings. The van der Waals surface area contributed by atoms with E-state index in [1.807, 2.05) is 23.9 Å². The second-order valence-corrected chi connectivity index (χ2v) is 9.28. The Morgan fingerprint density at radius 3 is 2.47 bits per heavy atom. The topological polar surface area (TPSA) is 57.6 Å². The Kier molecular flexibility index (Phi) is 7.55. The van der Waals surface area contributed by atoms with Crippen molar-refractivity contribution in [1.82, 2.24) is 9.88 Å². The molecule has 0 atom stereocenters. The summed E-state index contributed by atoms with van der Waals surface area (Å²) < 4.78 is 5.31. The number of pyridine rings is 1. The Labute approximate surface area is 194 Å². The first kappa shape index (κ1) is 22.5. The number of anilines is 1. The first-order chi connectivity index (χ1) is 15.7. The molecule has 1 aromatic heterocycles. The molecular weight excluding hydrogens is 418 g/mol. The van der Waals surface area contributed by atoms with Crippen molar-refractivity contribution < 1.29 is 9.84 Å². The third-order valence-corrected chi connectivity index (χ3v) is 6.63. The van der Waals surface area contributed by atoms with Gasteiger partial charge in [-0.1, -0.05) is 19.1 Å². The van der Waals surface area contributed by atoms with Crippen LogP contribution in [0.1, 0.15) is 19.8 Å². The number of benzene rings is 2. The summed E-state index contributed by atoms with van der Waals surface area (Å²) in [5.74, 6) is 2.49. The Bertz CT molecular complexity index is 1030. The number of aromatic hydroxyl groups is 1. The van der Waals surface area contributed by atoms with Gasteiger partial charge in [0.1, 0.15) is 5.82 Å². The summed E-state index contributed by atoms with van der Waals surface area (Å²) in [7, 11) is 1.56. The van der Waals surface area contributed by atoms with Crippen LogP contribution in [-0.2, 0) is 0 Å². The standard InChI is InChI=1S/C26H31N3O2S/c1-3-32-22-9-6-19(7-10-22)21-16-23(20-8-11-24(30)25(17-20)31-2)28-26(18-21)27-12-15-29-13-4-5-14-29/h6-11,16-18,30H,3-5,12-15H2,1-2H3,(H,27,28). The molecule has 2 heterocycles. The van der Waals surface area contributed by atoms with Crippen molar-refractivity contribution in [3.63, 3.8) is 0 Å². The molecule has 4 rings (SSSR count). The average Bonchev–Trinajstić information content (AvgIpc) is 3.33. The minimum absolute atomic E-state index is 0.125. The molecule has 0 amide bonds. The van der Waals surface area contributed by atoms with Gasteiger partial charge in [0.2, 0.25) is 0 Å². The van der Waals surface area contributed by atoms with Gasteiger partial charge in [-0.15, -0.1) is 11.8 Å². The van der Waals surface area contributed by atoms with E-state index in [1.54, 1.807) is 13.2 Å². The van der Waals surface area contributed by atoms with Crippen LogP contribution in [0.25, 0.3) is 22.4 Å². The number of nitrogens with one attached hydrogen (secondary N) is 1. The summed E-state index contributed by atoms with van der Waals surface area (Å²) in [5, 5.41) is 13.5. The summed E-state index contributed by atoms with van der Waals surface area (Å²) >= 11 is 1.84. The summed E-state index contributed by atoms with van der Waals surface area (Å²) in [5.41, 5.74) is 4.01. The van der Waals surface area contributed by atoms with E-state index in [1.165, 1.54) is 30.8 Å². The lowest BCUT2D eigenvalue weighted by Crippen LogP contribution is -2.26. The summed E-state index contributed by atoms with van der Waals surface area (Å²) in [4.78, 5) is 8.64. The molecule has 32 heavy (non-hydrogen) atoms. The van der Waals surface area contributed by atoms with Crippen molar-refractivity contribution in [3.8, 4) is 33.9 Å². The van der Waals surface area contributed by atoms with Crippen LogP contribution in [0.4, 0.5) is 5.82 Å². The molecule has 3 aromatic rings. The van der Waals surface area contributed by atoms with Crippen LogP contribution in [0.2, 0.25) is 0 Å². The van der Waals surface area contributed by atoms with Crippen LogP contribution in [-0.4, -0.2) is 54.0 Å². The molecular formula is C26H31N3O2S. The van der Waals surface area contributed by atoms with Crippen LogP contribution < -0.4 is 10.1 Å². The molecule has 1 saturated heterocycles. The van der Waals surface area contributed by atoms with Gasteiger partial charge < -0.3 is 20.1 Å². The number of likely N-dealkylation sites (tertiary alicyclic amines) is 1. The zero-order chi connectivity index (χ0) is 22.3. The second kappa shape index (κ2) is 10.7. The van der Waals surface area contributed by atoms with E-state index >= 15 is 0 Å². The maximum atomic E-state index is 9.99. The smallest absolute Gasteiger partial charge is 0.161 e. The van der Waals surface area contributed by atoms with E-state index in [0.717, 1.165) is 47.0 Å². The van der Waals surface area contributed by atoms with Gasteiger partial charge in [-0.25, -0.2) is 4.98 Å². The fraction of sp³-hybridized carbons (Fsp3) is 0.346. The van der Waals surface area contributed by atoms with Gasteiger partial charge in [0.15, 0.2) is 11.5 Å². The first-order valence-electron chi connectivity index (χ1n) is 11.2. The maximum Gasteiger partial charge on any atom is 0.161 e. The van der Waals surface area contributed by atoms with Gasteiger partial charge in [0, 0.05) is 23.5 Å². The molecule has 168 valence electrons. The number of hydrogen-bond donors (Lipinski definition) is 2. The summed E-state index contributed by atoms with van der Waals surface area (Å²) in [6.07, 6.45) is 2.60. The number of phenols is 1. The number of aromatic nitrogens is 1. The van der Waals surface area contributed by atoms with Crippen molar-refractivity contribution >= 4 is 17.6 Å². The zero-order valence-electron chi connectivity index (χ0n) is 18.8. The number of thioether (sulfide) groups is 1. The minimum atomic E-state index is 0.125. The van der Waals surface area contributed by atoms with Gasteiger partial charge in [0.05, 0.1) is 12.8 Å². The highest BCUT2D eigenvalue weighted by molar-refractivity contribution is 7.99. The first-order valence-corrected chi connectivity index (χ1v) is 12.2. The van der Waals surface area contributed by atoms with E-state index in [9.17, 15) is 5.11 Å². The largest absolute Gasteiger partial charge is 0.504 e. The predicted octanol–water partition coefficient (Wildman–Crippen LogP) is 5.75. The number of methoxy groups -OCH3 is 1. The van der Waals surface area contributed by atoms with Crippen LogP contribution in [0.5, 0.6) is 11.5 Å². The third-order valence-electron chi connectivity index (χ3n) is 5.73. The van der Waals surface area contributed by atoms with E-state index in [4.69, 9.17) is 9.72 Å². The maximum absolute atomic E-state index is 9.99. The normalized spacial score (nSPS) is 13.9. The molecule has 0 radical (unpaired) electrons. The molecule has 0 bridgehead atoms. The highest BCUT2D eigenvalue weighted by atomic mass is 32.2. The Morgan fingerprint density at radius 2 is 1.75 bits per heavy atom. The lowest BCUT2D eigenvalue weighted by molar-refractivity contribution is 0.352. The molecule has 2 N–H and O–H groups in total. The lowest BCUT2D eigenvalue weighted by atomic mass is 10.0. The molecule has 0 saturated carbocycles. The van der Waals surface area contributed by atoms with Gasteiger partial charge in [-0.2, -0.15) is 0 Å². The van der Waals surface area contributed by atoms with Crippen LogP contribution in [0.15, 0.2) is 59.5 Å². The molecule has 6 heteroatoms. The van der Waals surface area contributed by atoms with Crippen molar-refractivity contribution in [2.75, 3.05) is 44.4 Å². The van der Waals surface area contributed by atoms with Gasteiger partial charge in [-0.05, 0) is 85.3 Å². The molecule has 2 aromatic carbocycles. The molecule has 5 nitrogen and oxygen atoms in total. The van der Waals surface area contributed by atoms with Crippen molar-refractivity contribution in [2.24, 2.45) is 0 Å². The second-order valence-electron chi connectivity index (χ2n) is 7.95. The molecule has 0 unspecified atom stereocenters. The van der Waals surface area contributed by atoms with E-state index < -0.39 is 0 Å². The molecule has 0 aliphatic carbocycles. The monoisotopic (exact) mass is 449 g/mol. The minimum Gasteiger partial charge on any atom is -0.504 e. The number of nitrogens with zero attached hydrogens (tertiary/aromatic N) is 2. The number of hydrogen-bond acceptors (Lipinski definition) is 6. The highest BCUT2D eigenvalue weighted by Gasteiger charge is 2.12. The van der Waals surface area contributed by atoms with Crippen molar-refractivity contribution in [2.45, 2.75) is 24.7 Å². The predicted molar refractivity (Wildman–Crippen MR) is 134 cm³/mol. The number of ether oxygens (including phenoxy) is 1. The summed E-state index contributed by atoms with van der Waals surface area (Å²) in [6, 6.07) is 18.3. The molecule has 1 fully saturated rings. The SMILES string of the molecule is CCSc1ccc(-c2cc(NCCN3CCCC3)nc(-c3ccc(O)c(OC)c3)c2)cc1. The van der Waals surface area contributed by atoms with Gasteiger partial charge >= 0.3 is 0 Å². The van der Waals surface area contributed by atoms with E-state index in [-0.39, 0.29) is 5.75 Å². The number of rotatable bonds is 9. The average molecular weight is 450 g/mol. The number of phenolic OH excluding ortho intramolecular Hbond substituents is 1. The Hall–Kier alpha value is -2.70.